The van der Waals surface area contributed by atoms with Crippen LogP contribution in [0.3, 0.4) is 0 Å². The lowest BCUT2D eigenvalue weighted by Gasteiger charge is -2.27. The smallest absolute Gasteiger partial charge is 0.256 e. The van der Waals surface area contributed by atoms with E-state index in [1.54, 1.807) is 4.90 Å². The fraction of sp³-hybridized carbons (Fsp3) is 0.300. The van der Waals surface area contributed by atoms with Crippen molar-refractivity contribution in [1.82, 2.24) is 9.80 Å². The Bertz CT molecular complexity index is 770. The van der Waals surface area contributed by atoms with Crippen LogP contribution >= 0.6 is 0 Å². The number of carbonyl (C=O) groups excluding carboxylic acids is 1. The monoisotopic (exact) mass is 336 g/mol. The van der Waals surface area contributed by atoms with Gasteiger partial charge in [0.05, 0.1) is 17.8 Å². The summed E-state index contributed by atoms with van der Waals surface area (Å²) < 4.78 is 0. The highest BCUT2D eigenvalue weighted by Gasteiger charge is 2.32. The number of nitrogens with zero attached hydrogens (tertiary/aromatic N) is 3. The molecule has 25 heavy (non-hydrogen) atoms. The van der Waals surface area contributed by atoms with E-state index in [0.29, 0.717) is 12.1 Å². The van der Waals surface area contributed by atoms with Crippen molar-refractivity contribution >= 4 is 17.4 Å². The maximum Gasteiger partial charge on any atom is 0.256 e. The van der Waals surface area contributed by atoms with Gasteiger partial charge in [-0.05, 0) is 31.8 Å². The van der Waals surface area contributed by atoms with Gasteiger partial charge in [0.2, 0.25) is 0 Å². The van der Waals surface area contributed by atoms with Gasteiger partial charge >= 0.3 is 0 Å². The normalized spacial score (nSPS) is 18.9. The molecule has 3 rings (SSSR count). The number of hydrogen-bond acceptors (Lipinski definition) is 3. The lowest BCUT2D eigenvalue weighted by molar-refractivity contribution is 0.0773. The van der Waals surface area contributed by atoms with Gasteiger partial charge in [-0.15, -0.1) is 0 Å². The lowest BCUT2D eigenvalue weighted by Crippen LogP contribution is -2.36. The molecule has 1 unspecified atom stereocenters. The van der Waals surface area contributed by atoms with E-state index in [9.17, 15) is 4.79 Å². The summed E-state index contributed by atoms with van der Waals surface area (Å²) in [6, 6.07) is 17.4. The predicted molar refractivity (Wildman–Crippen MR) is 102 cm³/mol. The molecule has 130 valence electrons. The van der Waals surface area contributed by atoms with Crippen molar-refractivity contribution < 1.29 is 4.79 Å². The third-order valence-corrected chi connectivity index (χ3v) is 4.33. The first-order valence-electron chi connectivity index (χ1n) is 8.45. The number of aliphatic imine (C=N–C) groups is 1. The minimum absolute atomic E-state index is 0.00485. The Hall–Kier alpha value is -2.66. The number of para-hydroxylation sites is 1. The second-order valence-corrected chi connectivity index (χ2v) is 6.47. The molecular weight excluding hydrogens is 312 g/mol. The van der Waals surface area contributed by atoms with E-state index in [2.05, 4.69) is 10.2 Å². The van der Waals surface area contributed by atoms with Crippen LogP contribution in [0.25, 0.3) is 0 Å². The fourth-order valence-corrected chi connectivity index (χ4v) is 2.99. The van der Waals surface area contributed by atoms with Gasteiger partial charge in [0, 0.05) is 13.6 Å². The van der Waals surface area contributed by atoms with Crippen molar-refractivity contribution in [3.05, 3.63) is 65.7 Å². The molecule has 2 aromatic carbocycles. The summed E-state index contributed by atoms with van der Waals surface area (Å²) >= 11 is 0. The first kappa shape index (κ1) is 17.2. The quantitative estimate of drug-likeness (QED) is 0.934. The molecule has 1 heterocycles. The van der Waals surface area contributed by atoms with Crippen LogP contribution in [0.5, 0.6) is 0 Å². The van der Waals surface area contributed by atoms with Gasteiger partial charge in [-0.2, -0.15) is 0 Å². The second kappa shape index (κ2) is 7.49. The van der Waals surface area contributed by atoms with E-state index in [1.165, 1.54) is 0 Å². The molecule has 1 aliphatic heterocycles. The Morgan fingerprint density at radius 2 is 1.76 bits per heavy atom. The minimum Gasteiger partial charge on any atom is -0.341 e. The molecule has 0 spiro atoms. The zero-order valence-corrected chi connectivity index (χ0v) is 14.9. The number of carbonyl (C=O) groups is 1. The number of rotatable bonds is 4. The van der Waals surface area contributed by atoms with Gasteiger partial charge < -0.3 is 15.1 Å². The van der Waals surface area contributed by atoms with E-state index < -0.39 is 0 Å². The SMILES string of the molecule is CN(C)CCN=C1Nc2ccccc2C(=O)N(C)C1c1ccccc1. The Labute approximate surface area is 149 Å². The van der Waals surface area contributed by atoms with Gasteiger partial charge in [-0.25, -0.2) is 0 Å². The zero-order valence-electron chi connectivity index (χ0n) is 14.9. The molecule has 0 saturated carbocycles. The summed E-state index contributed by atoms with van der Waals surface area (Å²) in [6.07, 6.45) is 0. The Morgan fingerprint density at radius 1 is 1.08 bits per heavy atom. The van der Waals surface area contributed by atoms with Crippen LogP contribution in [-0.4, -0.2) is 55.8 Å². The molecule has 0 aliphatic carbocycles. The lowest BCUT2D eigenvalue weighted by atomic mass is 10.0. The van der Waals surface area contributed by atoms with Crippen LogP contribution in [0.4, 0.5) is 5.69 Å². The minimum atomic E-state index is -0.233. The van der Waals surface area contributed by atoms with E-state index in [4.69, 9.17) is 4.99 Å². The van der Waals surface area contributed by atoms with Crippen molar-refractivity contribution in [2.24, 2.45) is 4.99 Å². The van der Waals surface area contributed by atoms with E-state index in [1.807, 2.05) is 75.7 Å². The maximum absolute atomic E-state index is 13.0. The van der Waals surface area contributed by atoms with Crippen LogP contribution in [0.15, 0.2) is 59.6 Å². The maximum atomic E-state index is 13.0. The van der Waals surface area contributed by atoms with Gasteiger partial charge in [-0.1, -0.05) is 42.5 Å². The van der Waals surface area contributed by atoms with Gasteiger partial charge in [0.25, 0.3) is 5.91 Å². The molecule has 0 aromatic heterocycles. The molecule has 2 aromatic rings. The van der Waals surface area contributed by atoms with E-state index in [-0.39, 0.29) is 11.9 Å². The predicted octanol–water partition coefficient (Wildman–Crippen LogP) is 2.89. The van der Waals surface area contributed by atoms with Crippen molar-refractivity contribution in [1.29, 1.82) is 0 Å². The standard InChI is InChI=1S/C20H24N4O/c1-23(2)14-13-21-19-18(15-9-5-4-6-10-15)24(3)20(25)16-11-7-8-12-17(16)22-19/h4-12,18H,13-14H2,1-3H3,(H,21,22). The van der Waals surface area contributed by atoms with E-state index in [0.717, 1.165) is 23.6 Å². The number of benzene rings is 2. The van der Waals surface area contributed by atoms with Gasteiger partial charge in [0.15, 0.2) is 0 Å². The summed E-state index contributed by atoms with van der Waals surface area (Å²) in [6.45, 7) is 1.52. The molecule has 1 atom stereocenters. The number of fused-ring (bicyclic) bond motifs is 1. The average Bonchev–Trinajstić information content (AvgIpc) is 2.71. The van der Waals surface area contributed by atoms with Crippen LogP contribution in [0, 0.1) is 0 Å². The molecule has 1 N–H and O–H groups in total. The third-order valence-electron chi connectivity index (χ3n) is 4.33. The topological polar surface area (TPSA) is 47.9 Å². The van der Waals surface area contributed by atoms with Crippen LogP contribution in [-0.2, 0) is 0 Å². The summed E-state index contributed by atoms with van der Waals surface area (Å²) in [5.74, 6) is 0.795. The zero-order chi connectivity index (χ0) is 17.8. The van der Waals surface area contributed by atoms with Crippen molar-refractivity contribution in [2.75, 3.05) is 39.5 Å². The molecule has 0 radical (unpaired) electrons. The summed E-state index contributed by atoms with van der Waals surface area (Å²) in [7, 11) is 5.89. The van der Waals surface area contributed by atoms with Crippen molar-refractivity contribution in [2.45, 2.75) is 6.04 Å². The van der Waals surface area contributed by atoms with Crippen LogP contribution in [0.1, 0.15) is 22.0 Å². The average molecular weight is 336 g/mol. The summed E-state index contributed by atoms with van der Waals surface area (Å²) in [4.78, 5) is 21.6. The molecule has 0 saturated heterocycles. The fourth-order valence-electron chi connectivity index (χ4n) is 2.99. The molecule has 1 amide bonds. The van der Waals surface area contributed by atoms with Gasteiger partial charge in [0.1, 0.15) is 11.9 Å². The first-order chi connectivity index (χ1) is 12.1. The molecule has 5 heteroatoms. The largest absolute Gasteiger partial charge is 0.341 e. The molecule has 5 nitrogen and oxygen atoms in total. The van der Waals surface area contributed by atoms with Crippen molar-refractivity contribution in [3.8, 4) is 0 Å². The highest BCUT2D eigenvalue weighted by Crippen LogP contribution is 2.30. The number of anilines is 1. The first-order valence-corrected chi connectivity index (χ1v) is 8.45. The molecule has 0 bridgehead atoms. The molecular formula is C20H24N4O. The second-order valence-electron chi connectivity index (χ2n) is 6.47. The molecule has 1 aliphatic rings. The number of nitrogens with one attached hydrogen (secondary N) is 1. The third kappa shape index (κ3) is 3.72. The summed E-state index contributed by atoms with van der Waals surface area (Å²) in [5, 5.41) is 3.41. The summed E-state index contributed by atoms with van der Waals surface area (Å²) in [5.41, 5.74) is 2.52. The van der Waals surface area contributed by atoms with Crippen LogP contribution in [0.2, 0.25) is 0 Å². The Balaban J connectivity index is 2.05. The molecule has 0 fully saturated rings. The number of likely N-dealkylation sites (N-methyl/N-ethyl adjacent to an activating group) is 2. The Kier molecular flexibility index (Phi) is 5.14. The number of hydrogen-bond donors (Lipinski definition) is 1. The van der Waals surface area contributed by atoms with Crippen LogP contribution < -0.4 is 5.32 Å². The highest BCUT2D eigenvalue weighted by atomic mass is 16.2. The van der Waals surface area contributed by atoms with E-state index >= 15 is 0 Å². The van der Waals surface area contributed by atoms with Crippen molar-refractivity contribution in [3.63, 3.8) is 0 Å². The highest BCUT2D eigenvalue weighted by molar-refractivity contribution is 6.11. The number of amidine groups is 1. The van der Waals surface area contributed by atoms with Gasteiger partial charge in [-0.3, -0.25) is 9.79 Å². The Morgan fingerprint density at radius 3 is 2.48 bits per heavy atom. The number of amides is 1.